The third-order valence-corrected chi connectivity index (χ3v) is 0.961. The second kappa shape index (κ2) is 1.89. The summed E-state index contributed by atoms with van der Waals surface area (Å²) in [7, 11) is 0. The lowest BCUT2D eigenvalue weighted by molar-refractivity contribution is -0.565. The average molecular weight is 98.1 g/mol. The molecule has 2 nitrogen and oxygen atoms in total. The van der Waals surface area contributed by atoms with Crippen LogP contribution < -0.4 is 5.32 Å². The number of hydrogen-bond donors (Lipinski definition) is 1. The van der Waals surface area contributed by atoms with Gasteiger partial charge in [-0.05, 0) is 0 Å². The van der Waals surface area contributed by atoms with Crippen LogP contribution in [0, 0.1) is 0 Å². The molecular weight excluding hydrogens is 90.1 g/mol. The highest BCUT2D eigenvalue weighted by Gasteiger charge is 2.01. The Morgan fingerprint density at radius 2 is 2.57 bits per heavy atom. The van der Waals surface area contributed by atoms with E-state index in [9.17, 15) is 4.79 Å². The molecule has 0 atom stereocenters. The zero-order valence-corrected chi connectivity index (χ0v) is 4.05. The van der Waals surface area contributed by atoms with Gasteiger partial charge in [0.2, 0.25) is 0 Å². The largest absolute Gasteiger partial charge is 0.335 e. The van der Waals surface area contributed by atoms with Gasteiger partial charge in [-0.15, -0.1) is 0 Å². The van der Waals surface area contributed by atoms with Gasteiger partial charge in [0, 0.05) is 12.5 Å². The number of carbonyl (C=O) groups is 1. The summed E-state index contributed by atoms with van der Waals surface area (Å²) in [5.41, 5.74) is 0. The molecule has 1 aliphatic heterocycles. The number of amides is 1. The number of primary amides is 1. The fourth-order valence-electron chi connectivity index (χ4n) is 0.589. The van der Waals surface area contributed by atoms with E-state index in [1.165, 1.54) is 0 Å². The van der Waals surface area contributed by atoms with E-state index < -0.39 is 0 Å². The minimum Gasteiger partial charge on any atom is -0.279 e. The molecule has 0 radical (unpaired) electrons. The van der Waals surface area contributed by atoms with Gasteiger partial charge in [0.05, 0.1) is 6.54 Å². The number of hydrogen-bond acceptors (Lipinski definition) is 1. The van der Waals surface area contributed by atoms with Crippen LogP contribution in [0.15, 0.2) is 12.2 Å². The lowest BCUT2D eigenvalue weighted by atomic mass is 10.3. The summed E-state index contributed by atoms with van der Waals surface area (Å²) in [5.74, 6) is 0.159. The SMILES string of the molecule is O=C1C=CCC[NH2+]1. The predicted octanol–water partition coefficient (Wildman–Crippen LogP) is -0.964. The first-order valence-electron chi connectivity index (χ1n) is 2.43. The van der Waals surface area contributed by atoms with Crippen molar-refractivity contribution in [3.63, 3.8) is 0 Å². The van der Waals surface area contributed by atoms with Gasteiger partial charge in [0.1, 0.15) is 0 Å². The van der Waals surface area contributed by atoms with Gasteiger partial charge >= 0.3 is 5.91 Å². The molecule has 0 saturated heterocycles. The first kappa shape index (κ1) is 4.53. The van der Waals surface area contributed by atoms with E-state index in [2.05, 4.69) is 0 Å². The zero-order valence-electron chi connectivity index (χ0n) is 4.05. The maximum atomic E-state index is 10.3. The van der Waals surface area contributed by atoms with Crippen molar-refractivity contribution in [3.8, 4) is 0 Å². The Hall–Kier alpha value is -0.630. The first-order valence-corrected chi connectivity index (χ1v) is 2.43. The van der Waals surface area contributed by atoms with Crippen LogP contribution in [-0.2, 0) is 4.79 Å². The van der Waals surface area contributed by atoms with Gasteiger partial charge in [-0.1, -0.05) is 6.08 Å². The van der Waals surface area contributed by atoms with Crippen LogP contribution >= 0.6 is 0 Å². The maximum absolute atomic E-state index is 10.3. The second-order valence-electron chi connectivity index (χ2n) is 1.59. The highest BCUT2D eigenvalue weighted by atomic mass is 16.1. The standard InChI is InChI=1S/C5H7NO/c7-5-3-1-2-4-6-5/h1,3H,2,4H2,(H,6,7)/p+1. The molecule has 0 bridgehead atoms. The van der Waals surface area contributed by atoms with Crippen molar-refractivity contribution in [1.29, 1.82) is 0 Å². The smallest absolute Gasteiger partial charge is 0.279 e. The molecule has 1 amide bonds. The van der Waals surface area contributed by atoms with E-state index >= 15 is 0 Å². The van der Waals surface area contributed by atoms with Gasteiger partial charge in [-0.2, -0.15) is 0 Å². The molecule has 1 heterocycles. The molecule has 1 rings (SSSR count). The second-order valence-corrected chi connectivity index (χ2v) is 1.59. The molecular formula is C5H8NO+. The minimum atomic E-state index is 0.159. The molecule has 0 saturated carbocycles. The molecule has 38 valence electrons. The van der Waals surface area contributed by atoms with Gasteiger partial charge in [-0.3, -0.25) is 5.32 Å². The van der Waals surface area contributed by atoms with Crippen LogP contribution in [0.1, 0.15) is 6.42 Å². The first-order chi connectivity index (χ1) is 3.39. The number of carbonyl (C=O) groups excluding carboxylic acids is 1. The Morgan fingerprint density at radius 1 is 1.71 bits per heavy atom. The summed E-state index contributed by atoms with van der Waals surface area (Å²) in [4.78, 5) is 10.3. The van der Waals surface area contributed by atoms with Crippen molar-refractivity contribution in [2.75, 3.05) is 6.54 Å². The molecule has 2 heteroatoms. The Balaban J connectivity index is 2.51. The Labute approximate surface area is 42.2 Å². The molecule has 7 heavy (non-hydrogen) atoms. The van der Waals surface area contributed by atoms with Gasteiger partial charge in [-0.25, -0.2) is 4.79 Å². The highest BCUT2D eigenvalue weighted by Crippen LogP contribution is 1.79. The van der Waals surface area contributed by atoms with Crippen molar-refractivity contribution in [1.82, 2.24) is 0 Å². The van der Waals surface area contributed by atoms with Crippen LogP contribution in [0.25, 0.3) is 0 Å². The summed E-state index contributed by atoms with van der Waals surface area (Å²) < 4.78 is 0. The van der Waals surface area contributed by atoms with Crippen molar-refractivity contribution < 1.29 is 10.1 Å². The van der Waals surface area contributed by atoms with E-state index in [-0.39, 0.29) is 5.91 Å². The quantitative estimate of drug-likeness (QED) is 0.416. The molecule has 1 aliphatic rings. The maximum Gasteiger partial charge on any atom is 0.335 e. The van der Waals surface area contributed by atoms with E-state index in [0.717, 1.165) is 13.0 Å². The average Bonchev–Trinajstić information content (AvgIpc) is 1.69. The molecule has 0 unspecified atom stereocenters. The fraction of sp³-hybridized carbons (Fsp3) is 0.400. The monoisotopic (exact) mass is 98.1 g/mol. The van der Waals surface area contributed by atoms with Crippen molar-refractivity contribution in [2.45, 2.75) is 6.42 Å². The Morgan fingerprint density at radius 3 is 2.86 bits per heavy atom. The van der Waals surface area contributed by atoms with E-state index in [4.69, 9.17) is 0 Å². The third-order valence-electron chi connectivity index (χ3n) is 0.961. The molecule has 0 aromatic heterocycles. The zero-order chi connectivity index (χ0) is 5.11. The summed E-state index contributed by atoms with van der Waals surface area (Å²) >= 11 is 0. The van der Waals surface area contributed by atoms with Gasteiger partial charge in [0.15, 0.2) is 0 Å². The fourth-order valence-corrected chi connectivity index (χ4v) is 0.589. The normalized spacial score (nSPS) is 20.3. The topological polar surface area (TPSA) is 33.7 Å². The molecule has 2 N–H and O–H groups in total. The Kier molecular flexibility index (Phi) is 1.22. The Bertz CT molecular complexity index is 107. The van der Waals surface area contributed by atoms with Crippen molar-refractivity contribution in [2.24, 2.45) is 0 Å². The van der Waals surface area contributed by atoms with Crippen LogP contribution in [-0.4, -0.2) is 12.5 Å². The summed E-state index contributed by atoms with van der Waals surface area (Å²) in [6.45, 7) is 0.926. The number of quaternary nitrogens is 1. The summed E-state index contributed by atoms with van der Waals surface area (Å²) in [5, 5.41) is 1.71. The summed E-state index contributed by atoms with van der Waals surface area (Å²) in [6, 6.07) is 0. The van der Waals surface area contributed by atoms with Crippen LogP contribution in [0.2, 0.25) is 0 Å². The molecule has 0 fully saturated rings. The van der Waals surface area contributed by atoms with Crippen LogP contribution in [0.3, 0.4) is 0 Å². The van der Waals surface area contributed by atoms with E-state index in [1.54, 1.807) is 11.4 Å². The third kappa shape index (κ3) is 1.12. The van der Waals surface area contributed by atoms with Gasteiger partial charge < -0.3 is 0 Å². The predicted molar refractivity (Wildman–Crippen MR) is 25.6 cm³/mol. The van der Waals surface area contributed by atoms with Crippen molar-refractivity contribution >= 4 is 5.91 Å². The van der Waals surface area contributed by atoms with Crippen LogP contribution in [0.4, 0.5) is 0 Å². The lowest BCUT2D eigenvalue weighted by Crippen LogP contribution is -2.88. The molecule has 0 aromatic carbocycles. The number of rotatable bonds is 0. The minimum absolute atomic E-state index is 0.159. The van der Waals surface area contributed by atoms with Crippen molar-refractivity contribution in [3.05, 3.63) is 12.2 Å². The van der Waals surface area contributed by atoms with E-state index in [1.807, 2.05) is 6.08 Å². The highest BCUT2D eigenvalue weighted by molar-refractivity contribution is 5.78. The number of nitrogens with two attached hydrogens (primary N) is 1. The molecule has 0 aromatic rings. The lowest BCUT2D eigenvalue weighted by Gasteiger charge is -1.96. The summed E-state index contributed by atoms with van der Waals surface area (Å²) in [6.07, 6.45) is 4.55. The van der Waals surface area contributed by atoms with Gasteiger partial charge in [0.25, 0.3) is 0 Å². The van der Waals surface area contributed by atoms with Crippen LogP contribution in [0.5, 0.6) is 0 Å². The van der Waals surface area contributed by atoms with E-state index in [0.29, 0.717) is 0 Å². The molecule has 0 aliphatic carbocycles. The molecule has 0 spiro atoms.